The quantitative estimate of drug-likeness (QED) is 0.285. The molecule has 0 aromatic heterocycles. The zero-order chi connectivity index (χ0) is 15.6. The Bertz CT molecular complexity index is 322. The van der Waals surface area contributed by atoms with E-state index in [9.17, 15) is 18.0 Å². The van der Waals surface area contributed by atoms with E-state index in [-0.39, 0.29) is 42.8 Å². The normalized spacial score (nSPS) is 11.6. The molecule has 1 amide bonds. The third-order valence-corrected chi connectivity index (χ3v) is 2.39. The molecule has 0 unspecified atom stereocenters. The molecule has 0 spiro atoms. The van der Waals surface area contributed by atoms with E-state index in [0.29, 0.717) is 25.5 Å². The average Bonchev–Trinajstić information content (AvgIpc) is 2.33. The standard InChI is InChI=1S/C12H23F3N4O.HI/c1-4-16-11(18-9-10(20)19(2)3)17-8-6-5-7-12(13,14)15;/h4-9H2,1-3H3,(H2,16,17,18);1H. The number of hydrogen-bond acceptors (Lipinski definition) is 2. The highest BCUT2D eigenvalue weighted by Crippen LogP contribution is 2.21. The van der Waals surface area contributed by atoms with Gasteiger partial charge in [-0.1, -0.05) is 0 Å². The van der Waals surface area contributed by atoms with Crippen LogP contribution in [0.1, 0.15) is 26.2 Å². The van der Waals surface area contributed by atoms with Crippen LogP contribution in [0.5, 0.6) is 0 Å². The molecule has 0 heterocycles. The van der Waals surface area contributed by atoms with Gasteiger partial charge in [0, 0.05) is 33.6 Å². The number of carbonyl (C=O) groups excluding carboxylic acids is 1. The lowest BCUT2D eigenvalue weighted by molar-refractivity contribution is -0.135. The number of amides is 1. The van der Waals surface area contributed by atoms with Gasteiger partial charge in [0.05, 0.1) is 0 Å². The second-order valence-electron chi connectivity index (χ2n) is 4.48. The minimum absolute atomic E-state index is 0. The van der Waals surface area contributed by atoms with Crippen LogP contribution >= 0.6 is 24.0 Å². The number of nitrogens with one attached hydrogen (secondary N) is 2. The van der Waals surface area contributed by atoms with Crippen molar-refractivity contribution in [3.63, 3.8) is 0 Å². The molecule has 0 aliphatic carbocycles. The summed E-state index contributed by atoms with van der Waals surface area (Å²) in [7, 11) is 3.27. The Labute approximate surface area is 140 Å². The lowest BCUT2D eigenvalue weighted by Crippen LogP contribution is -2.38. The summed E-state index contributed by atoms with van der Waals surface area (Å²) in [5.74, 6) is 0.300. The zero-order valence-corrected chi connectivity index (χ0v) is 14.9. The van der Waals surface area contributed by atoms with Crippen LogP contribution in [0, 0.1) is 0 Å². The Hall–Kier alpha value is -0.740. The third-order valence-electron chi connectivity index (χ3n) is 2.39. The predicted molar refractivity (Wildman–Crippen MR) is 88.0 cm³/mol. The smallest absolute Gasteiger partial charge is 0.357 e. The van der Waals surface area contributed by atoms with Gasteiger partial charge in [0.2, 0.25) is 5.91 Å². The van der Waals surface area contributed by atoms with Crippen LogP contribution in [0.3, 0.4) is 0 Å². The van der Waals surface area contributed by atoms with Crippen molar-refractivity contribution < 1.29 is 18.0 Å². The van der Waals surface area contributed by atoms with Crippen molar-refractivity contribution in [2.24, 2.45) is 4.99 Å². The number of carbonyl (C=O) groups is 1. The molecule has 5 nitrogen and oxygen atoms in total. The molecule has 0 radical (unpaired) electrons. The molecule has 0 bridgehead atoms. The van der Waals surface area contributed by atoms with Gasteiger partial charge in [-0.2, -0.15) is 13.2 Å². The molecule has 0 saturated heterocycles. The molecule has 0 rings (SSSR count). The topological polar surface area (TPSA) is 56.7 Å². The van der Waals surface area contributed by atoms with Gasteiger partial charge in [0.1, 0.15) is 6.54 Å². The fraction of sp³-hybridized carbons (Fsp3) is 0.833. The lowest BCUT2D eigenvalue weighted by atomic mass is 10.2. The lowest BCUT2D eigenvalue weighted by Gasteiger charge is -2.13. The van der Waals surface area contributed by atoms with Gasteiger partial charge >= 0.3 is 6.18 Å². The highest BCUT2D eigenvalue weighted by atomic mass is 127. The van der Waals surface area contributed by atoms with Gasteiger partial charge in [0.15, 0.2) is 5.96 Å². The van der Waals surface area contributed by atoms with Crippen LogP contribution < -0.4 is 10.6 Å². The molecule has 0 fully saturated rings. The van der Waals surface area contributed by atoms with Gasteiger partial charge < -0.3 is 15.5 Å². The number of hydrogen-bond donors (Lipinski definition) is 2. The molecule has 21 heavy (non-hydrogen) atoms. The molecule has 126 valence electrons. The van der Waals surface area contributed by atoms with E-state index in [1.165, 1.54) is 4.90 Å². The monoisotopic (exact) mass is 424 g/mol. The number of unbranched alkanes of at least 4 members (excludes halogenated alkanes) is 1. The maximum atomic E-state index is 11.9. The van der Waals surface area contributed by atoms with Crippen LogP contribution in [0.15, 0.2) is 4.99 Å². The van der Waals surface area contributed by atoms with Crippen molar-refractivity contribution in [2.45, 2.75) is 32.4 Å². The van der Waals surface area contributed by atoms with Gasteiger partial charge in [-0.25, -0.2) is 4.99 Å². The van der Waals surface area contributed by atoms with E-state index < -0.39 is 12.6 Å². The molecule has 9 heteroatoms. The van der Waals surface area contributed by atoms with E-state index in [1.807, 2.05) is 6.92 Å². The van der Waals surface area contributed by atoms with Crippen LogP contribution in [-0.4, -0.2) is 56.7 Å². The number of aliphatic imine (C=N–C) groups is 1. The molecule has 0 atom stereocenters. The molecular weight excluding hydrogens is 400 g/mol. The second-order valence-corrected chi connectivity index (χ2v) is 4.48. The van der Waals surface area contributed by atoms with Crippen molar-refractivity contribution in [3.8, 4) is 0 Å². The van der Waals surface area contributed by atoms with Gasteiger partial charge in [-0.3, -0.25) is 4.79 Å². The Morgan fingerprint density at radius 2 is 1.81 bits per heavy atom. The largest absolute Gasteiger partial charge is 0.389 e. The van der Waals surface area contributed by atoms with E-state index in [2.05, 4.69) is 15.6 Å². The number of alkyl halides is 3. The van der Waals surface area contributed by atoms with Crippen LogP contribution in [-0.2, 0) is 4.79 Å². The first kappa shape index (κ1) is 22.5. The highest BCUT2D eigenvalue weighted by Gasteiger charge is 2.25. The van der Waals surface area contributed by atoms with Gasteiger partial charge in [-0.15, -0.1) is 24.0 Å². The number of nitrogens with zero attached hydrogens (tertiary/aromatic N) is 2. The highest BCUT2D eigenvalue weighted by molar-refractivity contribution is 14.0. The molecular formula is C12H24F3IN4O. The molecule has 0 aliphatic rings. The summed E-state index contributed by atoms with van der Waals surface area (Å²) in [6, 6.07) is 0. The number of rotatable bonds is 7. The molecule has 0 aromatic rings. The summed E-state index contributed by atoms with van der Waals surface area (Å²) in [5.41, 5.74) is 0. The summed E-state index contributed by atoms with van der Waals surface area (Å²) >= 11 is 0. The number of halogens is 4. The van der Waals surface area contributed by atoms with Crippen molar-refractivity contribution >= 4 is 35.8 Å². The average molecular weight is 424 g/mol. The van der Waals surface area contributed by atoms with E-state index >= 15 is 0 Å². The van der Waals surface area contributed by atoms with Crippen molar-refractivity contribution in [1.29, 1.82) is 0 Å². The van der Waals surface area contributed by atoms with Crippen LogP contribution in [0.2, 0.25) is 0 Å². The summed E-state index contributed by atoms with van der Waals surface area (Å²) < 4.78 is 35.8. The molecule has 0 aliphatic heterocycles. The van der Waals surface area contributed by atoms with Crippen molar-refractivity contribution in [3.05, 3.63) is 0 Å². The van der Waals surface area contributed by atoms with E-state index in [1.54, 1.807) is 14.1 Å². The summed E-state index contributed by atoms with van der Waals surface area (Å²) in [6.07, 6.45) is -4.41. The van der Waals surface area contributed by atoms with Crippen LogP contribution in [0.4, 0.5) is 13.2 Å². The Morgan fingerprint density at radius 1 is 1.19 bits per heavy atom. The first-order valence-corrected chi connectivity index (χ1v) is 6.55. The Morgan fingerprint density at radius 3 is 2.29 bits per heavy atom. The van der Waals surface area contributed by atoms with E-state index in [0.717, 1.165) is 0 Å². The SMILES string of the molecule is CCNC(=NCC(=O)N(C)C)NCCCCC(F)(F)F.I. The van der Waals surface area contributed by atoms with Gasteiger partial charge in [-0.05, 0) is 19.8 Å². The first-order valence-electron chi connectivity index (χ1n) is 6.55. The minimum Gasteiger partial charge on any atom is -0.357 e. The van der Waals surface area contributed by atoms with Crippen LogP contribution in [0.25, 0.3) is 0 Å². The fourth-order valence-electron chi connectivity index (χ4n) is 1.29. The minimum atomic E-state index is -4.10. The molecule has 0 saturated carbocycles. The van der Waals surface area contributed by atoms with Crippen molar-refractivity contribution in [1.82, 2.24) is 15.5 Å². The Balaban J connectivity index is 0. The number of likely N-dealkylation sites (N-methyl/N-ethyl adjacent to an activating group) is 1. The second kappa shape index (κ2) is 11.9. The molecule has 2 N–H and O–H groups in total. The maximum absolute atomic E-state index is 11.9. The molecule has 0 aromatic carbocycles. The maximum Gasteiger partial charge on any atom is 0.389 e. The predicted octanol–water partition coefficient (Wildman–Crippen LogP) is 1.98. The fourth-order valence-corrected chi connectivity index (χ4v) is 1.29. The zero-order valence-electron chi connectivity index (χ0n) is 12.6. The van der Waals surface area contributed by atoms with Crippen molar-refractivity contribution in [2.75, 3.05) is 33.7 Å². The summed E-state index contributed by atoms with van der Waals surface area (Å²) in [6.45, 7) is 2.88. The Kier molecular flexibility index (Phi) is 12.7. The number of guanidine groups is 1. The van der Waals surface area contributed by atoms with E-state index in [4.69, 9.17) is 0 Å². The summed E-state index contributed by atoms with van der Waals surface area (Å²) in [5, 5.41) is 5.83. The summed E-state index contributed by atoms with van der Waals surface area (Å²) in [4.78, 5) is 16.9. The third kappa shape index (κ3) is 14.0. The first-order chi connectivity index (χ1) is 9.26. The van der Waals surface area contributed by atoms with Gasteiger partial charge in [0.25, 0.3) is 0 Å².